The summed E-state index contributed by atoms with van der Waals surface area (Å²) < 4.78 is 18.4. The van der Waals surface area contributed by atoms with Crippen molar-refractivity contribution in [1.82, 2.24) is 9.80 Å². The Morgan fingerprint density at radius 3 is 2.46 bits per heavy atom. The van der Waals surface area contributed by atoms with Crippen LogP contribution >= 0.6 is 0 Å². The Hall–Kier alpha value is -1.66. The standard InChI is InChI=1S/C18H25FN2O3/c1-24-16-8-10-20(11-9-16)18(23)21(15-6-7-15)12-17(22)13-2-4-14(19)5-3-13/h2-5,15-17,22H,6-12H2,1H3/t17-/m1/s1. The molecule has 1 atom stereocenters. The minimum Gasteiger partial charge on any atom is -0.387 e. The summed E-state index contributed by atoms with van der Waals surface area (Å²) >= 11 is 0. The van der Waals surface area contributed by atoms with Gasteiger partial charge in [0.25, 0.3) is 0 Å². The first-order valence-electron chi connectivity index (χ1n) is 8.60. The molecule has 132 valence electrons. The van der Waals surface area contributed by atoms with E-state index in [1.807, 2.05) is 4.90 Å². The number of hydrogen-bond acceptors (Lipinski definition) is 3. The Morgan fingerprint density at radius 2 is 1.92 bits per heavy atom. The number of nitrogens with zero attached hydrogens (tertiary/aromatic N) is 2. The number of methoxy groups -OCH3 is 1. The molecule has 0 radical (unpaired) electrons. The third kappa shape index (κ3) is 4.05. The predicted octanol–water partition coefficient (Wildman–Crippen LogP) is 2.55. The van der Waals surface area contributed by atoms with Gasteiger partial charge in [0.05, 0.1) is 18.8 Å². The van der Waals surface area contributed by atoms with Crippen molar-refractivity contribution in [1.29, 1.82) is 0 Å². The summed E-state index contributed by atoms with van der Waals surface area (Å²) in [4.78, 5) is 16.5. The molecule has 1 heterocycles. The zero-order valence-electron chi connectivity index (χ0n) is 14.0. The van der Waals surface area contributed by atoms with E-state index in [1.165, 1.54) is 12.1 Å². The SMILES string of the molecule is COC1CCN(C(=O)N(C[C@@H](O)c2ccc(F)cc2)C2CC2)CC1. The van der Waals surface area contributed by atoms with E-state index in [9.17, 15) is 14.3 Å². The zero-order valence-corrected chi connectivity index (χ0v) is 14.0. The van der Waals surface area contributed by atoms with Crippen LogP contribution in [0.1, 0.15) is 37.4 Å². The van der Waals surface area contributed by atoms with Crippen LogP contribution in [0.25, 0.3) is 0 Å². The minimum absolute atomic E-state index is 0.00628. The highest BCUT2D eigenvalue weighted by Crippen LogP contribution is 2.30. The number of hydrogen-bond donors (Lipinski definition) is 1. The van der Waals surface area contributed by atoms with E-state index in [0.29, 0.717) is 18.7 Å². The van der Waals surface area contributed by atoms with Crippen LogP contribution in [-0.4, -0.2) is 59.8 Å². The number of carbonyl (C=O) groups excluding carboxylic acids is 1. The molecule has 0 bridgehead atoms. The molecular formula is C18H25FN2O3. The molecule has 1 N–H and O–H groups in total. The lowest BCUT2D eigenvalue weighted by Gasteiger charge is -2.36. The van der Waals surface area contributed by atoms with Crippen LogP contribution in [0.15, 0.2) is 24.3 Å². The molecule has 1 aromatic carbocycles. The van der Waals surface area contributed by atoms with E-state index in [2.05, 4.69) is 0 Å². The van der Waals surface area contributed by atoms with Crippen molar-refractivity contribution in [2.75, 3.05) is 26.7 Å². The highest BCUT2D eigenvalue weighted by Gasteiger charge is 2.37. The van der Waals surface area contributed by atoms with Crippen LogP contribution in [-0.2, 0) is 4.74 Å². The Labute approximate surface area is 142 Å². The first-order valence-corrected chi connectivity index (χ1v) is 8.60. The van der Waals surface area contributed by atoms with E-state index in [-0.39, 0.29) is 30.5 Å². The smallest absolute Gasteiger partial charge is 0.320 e. The Bertz CT molecular complexity index is 554. The third-order valence-electron chi connectivity index (χ3n) is 4.90. The average Bonchev–Trinajstić information content (AvgIpc) is 3.44. The van der Waals surface area contributed by atoms with Crippen molar-refractivity contribution in [3.63, 3.8) is 0 Å². The predicted molar refractivity (Wildman–Crippen MR) is 88.1 cm³/mol. The van der Waals surface area contributed by atoms with E-state index in [0.717, 1.165) is 25.7 Å². The van der Waals surface area contributed by atoms with Gasteiger partial charge < -0.3 is 19.6 Å². The van der Waals surface area contributed by atoms with Gasteiger partial charge in [-0.25, -0.2) is 9.18 Å². The van der Waals surface area contributed by atoms with Gasteiger partial charge in [-0.1, -0.05) is 12.1 Å². The normalized spacial score (nSPS) is 20.0. The second-order valence-corrected chi connectivity index (χ2v) is 6.66. The maximum atomic E-state index is 13.0. The molecule has 2 fully saturated rings. The van der Waals surface area contributed by atoms with Crippen LogP contribution in [0.4, 0.5) is 9.18 Å². The van der Waals surface area contributed by atoms with Crippen molar-refractivity contribution < 1.29 is 19.0 Å². The van der Waals surface area contributed by atoms with Crippen LogP contribution < -0.4 is 0 Å². The molecule has 0 spiro atoms. The second kappa shape index (κ2) is 7.49. The Morgan fingerprint density at radius 1 is 1.29 bits per heavy atom. The minimum atomic E-state index is -0.799. The van der Waals surface area contributed by atoms with Crippen molar-refractivity contribution in [2.24, 2.45) is 0 Å². The Kier molecular flexibility index (Phi) is 5.36. The maximum Gasteiger partial charge on any atom is 0.320 e. The molecule has 2 amide bonds. The largest absolute Gasteiger partial charge is 0.387 e. The number of carbonyl (C=O) groups is 1. The van der Waals surface area contributed by atoms with Gasteiger partial charge in [-0.3, -0.25) is 0 Å². The fourth-order valence-electron chi connectivity index (χ4n) is 3.21. The molecule has 0 aromatic heterocycles. The summed E-state index contributed by atoms with van der Waals surface area (Å²) in [7, 11) is 1.71. The second-order valence-electron chi connectivity index (χ2n) is 6.66. The van der Waals surface area contributed by atoms with Gasteiger partial charge in [-0.05, 0) is 43.4 Å². The topological polar surface area (TPSA) is 53.0 Å². The molecular weight excluding hydrogens is 311 g/mol. The molecule has 6 heteroatoms. The summed E-state index contributed by atoms with van der Waals surface area (Å²) in [5.74, 6) is -0.331. The molecule has 5 nitrogen and oxygen atoms in total. The van der Waals surface area contributed by atoms with E-state index in [4.69, 9.17) is 4.74 Å². The van der Waals surface area contributed by atoms with E-state index < -0.39 is 6.10 Å². The molecule has 1 aromatic rings. The van der Waals surface area contributed by atoms with Gasteiger partial charge in [-0.2, -0.15) is 0 Å². The molecule has 24 heavy (non-hydrogen) atoms. The third-order valence-corrected chi connectivity index (χ3v) is 4.90. The van der Waals surface area contributed by atoms with Crippen LogP contribution in [0.3, 0.4) is 0 Å². The highest BCUT2D eigenvalue weighted by atomic mass is 19.1. The number of ether oxygens (including phenoxy) is 1. The molecule has 1 aliphatic heterocycles. The van der Waals surface area contributed by atoms with Crippen molar-refractivity contribution in [3.8, 4) is 0 Å². The summed E-state index contributed by atoms with van der Waals surface area (Å²) in [6.45, 7) is 1.62. The van der Waals surface area contributed by atoms with Gasteiger partial charge in [0.1, 0.15) is 5.82 Å². The van der Waals surface area contributed by atoms with Gasteiger partial charge in [0.15, 0.2) is 0 Å². The average molecular weight is 336 g/mol. The summed E-state index contributed by atoms with van der Waals surface area (Å²) in [6, 6.07) is 6.01. The number of urea groups is 1. The van der Waals surface area contributed by atoms with Crippen molar-refractivity contribution in [2.45, 2.75) is 43.9 Å². The van der Waals surface area contributed by atoms with Crippen LogP contribution in [0.5, 0.6) is 0 Å². The fourth-order valence-corrected chi connectivity index (χ4v) is 3.21. The number of rotatable bonds is 5. The summed E-state index contributed by atoms with van der Waals surface area (Å²) in [5, 5.41) is 10.4. The number of benzene rings is 1. The van der Waals surface area contributed by atoms with Gasteiger partial charge >= 0.3 is 6.03 Å². The van der Waals surface area contributed by atoms with Crippen molar-refractivity contribution >= 4 is 6.03 Å². The lowest BCUT2D eigenvalue weighted by Crippen LogP contribution is -2.49. The quantitative estimate of drug-likeness (QED) is 0.899. The molecule has 1 saturated carbocycles. The van der Waals surface area contributed by atoms with Crippen LogP contribution in [0, 0.1) is 5.82 Å². The number of aliphatic hydroxyl groups is 1. The first-order chi connectivity index (χ1) is 11.6. The van der Waals surface area contributed by atoms with Gasteiger partial charge in [0, 0.05) is 26.2 Å². The highest BCUT2D eigenvalue weighted by molar-refractivity contribution is 5.75. The number of likely N-dealkylation sites (tertiary alicyclic amines) is 1. The number of piperidine rings is 1. The lowest BCUT2D eigenvalue weighted by molar-refractivity contribution is 0.0397. The molecule has 1 saturated heterocycles. The van der Waals surface area contributed by atoms with Gasteiger partial charge in [0.2, 0.25) is 0 Å². The van der Waals surface area contributed by atoms with Crippen LogP contribution in [0.2, 0.25) is 0 Å². The first kappa shape index (κ1) is 17.2. The van der Waals surface area contributed by atoms with E-state index >= 15 is 0 Å². The van der Waals surface area contributed by atoms with E-state index in [1.54, 1.807) is 24.1 Å². The monoisotopic (exact) mass is 336 g/mol. The zero-order chi connectivity index (χ0) is 17.1. The Balaban J connectivity index is 1.62. The molecule has 1 aliphatic carbocycles. The summed E-state index contributed by atoms with van der Waals surface area (Å²) in [5.41, 5.74) is 0.632. The number of aliphatic hydroxyl groups excluding tert-OH is 1. The molecule has 3 rings (SSSR count). The summed E-state index contributed by atoms with van der Waals surface area (Å²) in [6.07, 6.45) is 3.09. The number of amides is 2. The fraction of sp³-hybridized carbons (Fsp3) is 0.611. The maximum absolute atomic E-state index is 13.0. The molecule has 2 aliphatic rings. The number of halogens is 1. The lowest BCUT2D eigenvalue weighted by atomic mass is 10.1. The molecule has 0 unspecified atom stereocenters. The van der Waals surface area contributed by atoms with Gasteiger partial charge in [-0.15, -0.1) is 0 Å². The van der Waals surface area contributed by atoms with Crippen molar-refractivity contribution in [3.05, 3.63) is 35.6 Å².